The number of guanidine groups is 1. The van der Waals surface area contributed by atoms with E-state index in [4.69, 9.17) is 4.74 Å². The Morgan fingerprint density at radius 2 is 1.86 bits per heavy atom. The van der Waals surface area contributed by atoms with Crippen LogP contribution in [0.25, 0.3) is 0 Å². The Kier molecular flexibility index (Phi) is 6.94. The number of nitrogens with one attached hydrogen (secondary N) is 2. The smallest absolute Gasteiger partial charge is 0.221 e. The van der Waals surface area contributed by atoms with Gasteiger partial charge in [-0.15, -0.1) is 0 Å². The van der Waals surface area contributed by atoms with E-state index < -0.39 is 0 Å². The van der Waals surface area contributed by atoms with Crippen LogP contribution in [-0.4, -0.2) is 57.1 Å². The molecule has 2 N–H and O–H groups in total. The van der Waals surface area contributed by atoms with Crippen molar-refractivity contribution in [2.75, 3.05) is 50.6 Å². The van der Waals surface area contributed by atoms with E-state index in [1.54, 1.807) is 7.11 Å². The molecule has 7 nitrogen and oxygen atoms in total. The highest BCUT2D eigenvalue weighted by atomic mass is 16.5. The molecule has 0 aliphatic carbocycles. The highest BCUT2D eigenvalue weighted by Gasteiger charge is 2.21. The van der Waals surface area contributed by atoms with Gasteiger partial charge in [-0.1, -0.05) is 24.3 Å². The van der Waals surface area contributed by atoms with Crippen molar-refractivity contribution in [3.63, 3.8) is 0 Å². The third-order valence-corrected chi connectivity index (χ3v) is 4.91. The van der Waals surface area contributed by atoms with Gasteiger partial charge in [0.15, 0.2) is 5.96 Å². The van der Waals surface area contributed by atoms with E-state index in [-0.39, 0.29) is 5.91 Å². The lowest BCUT2D eigenvalue weighted by Crippen LogP contribution is -2.52. The number of para-hydroxylation sites is 2. The van der Waals surface area contributed by atoms with Gasteiger partial charge in [-0.3, -0.25) is 9.79 Å². The van der Waals surface area contributed by atoms with E-state index in [0.717, 1.165) is 54.8 Å². The lowest BCUT2D eigenvalue weighted by molar-refractivity contribution is -0.114. The van der Waals surface area contributed by atoms with Crippen LogP contribution in [0.1, 0.15) is 12.5 Å². The van der Waals surface area contributed by atoms with Gasteiger partial charge in [0.2, 0.25) is 5.91 Å². The summed E-state index contributed by atoms with van der Waals surface area (Å²) in [4.78, 5) is 20.3. The number of hydrogen-bond acceptors (Lipinski definition) is 4. The molecule has 1 amide bonds. The number of ether oxygens (including phenoxy) is 1. The molecule has 7 heteroatoms. The molecule has 154 valence electrons. The van der Waals surface area contributed by atoms with Crippen LogP contribution in [0.5, 0.6) is 5.75 Å². The van der Waals surface area contributed by atoms with Crippen LogP contribution in [0, 0.1) is 0 Å². The van der Waals surface area contributed by atoms with Crippen LogP contribution in [0.3, 0.4) is 0 Å². The summed E-state index contributed by atoms with van der Waals surface area (Å²) in [6.45, 7) is 5.72. The Bertz CT molecular complexity index is 860. The third kappa shape index (κ3) is 5.40. The molecule has 0 spiro atoms. The molecule has 0 aromatic heterocycles. The largest absolute Gasteiger partial charge is 0.495 e. The molecule has 2 aromatic rings. The molecule has 1 heterocycles. The maximum Gasteiger partial charge on any atom is 0.221 e. The zero-order chi connectivity index (χ0) is 20.6. The number of amides is 1. The summed E-state index contributed by atoms with van der Waals surface area (Å²) in [7, 11) is 3.52. The fourth-order valence-electron chi connectivity index (χ4n) is 3.53. The number of aliphatic imine (C=N–C) groups is 1. The maximum atomic E-state index is 11.2. The highest BCUT2D eigenvalue weighted by Crippen LogP contribution is 2.28. The SMILES string of the molecule is CN=C(NCc1cccc(NC(C)=O)c1)N1CCN(c2ccccc2OC)CC1. The monoisotopic (exact) mass is 395 g/mol. The van der Waals surface area contributed by atoms with Crippen molar-refractivity contribution in [3.8, 4) is 5.75 Å². The van der Waals surface area contributed by atoms with Crippen molar-refractivity contribution in [2.24, 2.45) is 4.99 Å². The van der Waals surface area contributed by atoms with Crippen molar-refractivity contribution < 1.29 is 9.53 Å². The quantitative estimate of drug-likeness (QED) is 0.602. The third-order valence-electron chi connectivity index (χ3n) is 4.91. The fraction of sp³-hybridized carbons (Fsp3) is 0.364. The minimum Gasteiger partial charge on any atom is -0.495 e. The molecule has 0 saturated carbocycles. The summed E-state index contributed by atoms with van der Waals surface area (Å²) in [5.74, 6) is 1.72. The first kappa shape index (κ1) is 20.5. The molecule has 0 unspecified atom stereocenters. The van der Waals surface area contributed by atoms with Crippen LogP contribution in [0.15, 0.2) is 53.5 Å². The van der Waals surface area contributed by atoms with Crippen molar-refractivity contribution in [2.45, 2.75) is 13.5 Å². The van der Waals surface area contributed by atoms with Gasteiger partial charge >= 0.3 is 0 Å². The molecule has 1 fully saturated rings. The number of piperazine rings is 1. The maximum absolute atomic E-state index is 11.2. The van der Waals surface area contributed by atoms with Gasteiger partial charge in [0.05, 0.1) is 12.8 Å². The predicted octanol–water partition coefficient (Wildman–Crippen LogP) is 2.55. The molecular weight excluding hydrogens is 366 g/mol. The number of carbonyl (C=O) groups excluding carboxylic acids is 1. The summed E-state index contributed by atoms with van der Waals surface area (Å²) in [6.07, 6.45) is 0. The van der Waals surface area contributed by atoms with E-state index in [9.17, 15) is 4.79 Å². The summed E-state index contributed by atoms with van der Waals surface area (Å²) >= 11 is 0. The molecule has 0 bridgehead atoms. The van der Waals surface area contributed by atoms with Crippen LogP contribution < -0.4 is 20.3 Å². The molecule has 2 aromatic carbocycles. The second-order valence-electron chi connectivity index (χ2n) is 6.93. The Labute approximate surface area is 172 Å². The van der Waals surface area contributed by atoms with Gasteiger partial charge in [0.25, 0.3) is 0 Å². The van der Waals surface area contributed by atoms with Crippen molar-refractivity contribution >= 4 is 23.2 Å². The average molecular weight is 396 g/mol. The van der Waals surface area contributed by atoms with Gasteiger partial charge < -0.3 is 25.2 Å². The molecule has 1 aliphatic rings. The Morgan fingerprint density at radius 3 is 2.55 bits per heavy atom. The minimum absolute atomic E-state index is 0.0705. The summed E-state index contributed by atoms with van der Waals surface area (Å²) < 4.78 is 5.50. The first-order valence-corrected chi connectivity index (χ1v) is 9.81. The standard InChI is InChI=1S/C22H29N5O2/c1-17(28)25-19-8-6-7-18(15-19)16-24-22(23-2)27-13-11-26(12-14-27)20-9-4-5-10-21(20)29-3/h4-10,15H,11-14,16H2,1-3H3,(H,23,24)(H,25,28). The van der Waals surface area contributed by atoms with E-state index in [2.05, 4.69) is 31.5 Å². The van der Waals surface area contributed by atoms with Crippen LogP contribution in [0.4, 0.5) is 11.4 Å². The number of rotatable bonds is 5. The van der Waals surface area contributed by atoms with Gasteiger partial charge in [-0.05, 0) is 29.8 Å². The number of hydrogen-bond donors (Lipinski definition) is 2. The van der Waals surface area contributed by atoms with Crippen LogP contribution in [-0.2, 0) is 11.3 Å². The summed E-state index contributed by atoms with van der Waals surface area (Å²) in [6, 6.07) is 16.0. The van der Waals surface area contributed by atoms with E-state index in [0.29, 0.717) is 6.54 Å². The number of methoxy groups -OCH3 is 1. The molecule has 0 atom stereocenters. The minimum atomic E-state index is -0.0705. The van der Waals surface area contributed by atoms with Gasteiger partial charge in [-0.25, -0.2) is 0 Å². The zero-order valence-electron chi connectivity index (χ0n) is 17.3. The molecule has 0 radical (unpaired) electrons. The molecule has 1 saturated heterocycles. The Hall–Kier alpha value is -3.22. The normalized spacial score (nSPS) is 14.5. The van der Waals surface area contributed by atoms with Crippen molar-refractivity contribution in [3.05, 3.63) is 54.1 Å². The molecule has 1 aliphatic heterocycles. The second-order valence-corrected chi connectivity index (χ2v) is 6.93. The Morgan fingerprint density at radius 1 is 1.10 bits per heavy atom. The zero-order valence-corrected chi connectivity index (χ0v) is 17.3. The lowest BCUT2D eigenvalue weighted by Gasteiger charge is -2.38. The first-order valence-electron chi connectivity index (χ1n) is 9.81. The van der Waals surface area contributed by atoms with E-state index >= 15 is 0 Å². The number of anilines is 2. The molecule has 29 heavy (non-hydrogen) atoms. The Balaban J connectivity index is 1.56. The van der Waals surface area contributed by atoms with Crippen LogP contribution in [0.2, 0.25) is 0 Å². The summed E-state index contributed by atoms with van der Waals surface area (Å²) in [5, 5.41) is 6.25. The second kappa shape index (κ2) is 9.82. The lowest BCUT2D eigenvalue weighted by atomic mass is 10.2. The number of carbonyl (C=O) groups is 1. The van der Waals surface area contributed by atoms with Gasteiger partial charge in [0.1, 0.15) is 5.75 Å². The fourth-order valence-corrected chi connectivity index (χ4v) is 3.53. The van der Waals surface area contributed by atoms with Crippen molar-refractivity contribution in [1.82, 2.24) is 10.2 Å². The average Bonchev–Trinajstić information content (AvgIpc) is 2.74. The van der Waals surface area contributed by atoms with Crippen molar-refractivity contribution in [1.29, 1.82) is 0 Å². The number of nitrogens with zero attached hydrogens (tertiary/aromatic N) is 3. The number of benzene rings is 2. The van der Waals surface area contributed by atoms with Gasteiger partial charge in [0, 0.05) is 52.4 Å². The van der Waals surface area contributed by atoms with Gasteiger partial charge in [-0.2, -0.15) is 0 Å². The summed E-state index contributed by atoms with van der Waals surface area (Å²) in [5.41, 5.74) is 3.02. The van der Waals surface area contributed by atoms with E-state index in [1.165, 1.54) is 6.92 Å². The van der Waals surface area contributed by atoms with E-state index in [1.807, 2.05) is 49.5 Å². The predicted molar refractivity (Wildman–Crippen MR) is 118 cm³/mol. The molecular formula is C22H29N5O2. The van der Waals surface area contributed by atoms with Crippen LogP contribution >= 0.6 is 0 Å². The first-order chi connectivity index (χ1) is 14.1. The molecule has 3 rings (SSSR count). The highest BCUT2D eigenvalue weighted by molar-refractivity contribution is 5.88. The topological polar surface area (TPSA) is 69.2 Å².